The van der Waals surface area contributed by atoms with Crippen LogP contribution in [0.3, 0.4) is 0 Å². The normalized spacial score (nSPS) is 19.8. The van der Waals surface area contributed by atoms with Crippen LogP contribution in [0.25, 0.3) is 11.0 Å². The zero-order valence-corrected chi connectivity index (χ0v) is 21.9. The fourth-order valence-electron chi connectivity index (χ4n) is 5.65. The van der Waals surface area contributed by atoms with Gasteiger partial charge >= 0.3 is 0 Å². The van der Waals surface area contributed by atoms with E-state index in [4.69, 9.17) is 9.72 Å². The smallest absolute Gasteiger partial charge is 0.227 e. The van der Waals surface area contributed by atoms with E-state index in [2.05, 4.69) is 63.4 Å². The number of amides is 1. The molecule has 0 saturated carbocycles. The van der Waals surface area contributed by atoms with Crippen LogP contribution in [0, 0.1) is 5.92 Å². The summed E-state index contributed by atoms with van der Waals surface area (Å²) < 4.78 is 7.66. The number of hydrogen-bond donors (Lipinski definition) is 0. The number of ether oxygens (including phenoxy) is 1. The van der Waals surface area contributed by atoms with Gasteiger partial charge < -0.3 is 14.2 Å². The third kappa shape index (κ3) is 5.42. The van der Waals surface area contributed by atoms with E-state index in [1.54, 1.807) is 7.11 Å². The Labute approximate surface area is 214 Å². The molecule has 2 saturated heterocycles. The third-order valence-electron chi connectivity index (χ3n) is 7.81. The van der Waals surface area contributed by atoms with Gasteiger partial charge in [-0.2, -0.15) is 0 Å². The summed E-state index contributed by atoms with van der Waals surface area (Å²) in [4.78, 5) is 25.4. The summed E-state index contributed by atoms with van der Waals surface area (Å²) in [5.41, 5.74) is 3.39. The molecule has 0 spiro atoms. The predicted molar refractivity (Wildman–Crippen MR) is 143 cm³/mol. The molecule has 0 aliphatic carbocycles. The van der Waals surface area contributed by atoms with Gasteiger partial charge in [-0.1, -0.05) is 24.3 Å². The highest BCUT2D eigenvalue weighted by molar-refractivity contribution is 5.79. The van der Waals surface area contributed by atoms with Crippen molar-refractivity contribution >= 4 is 16.9 Å². The summed E-state index contributed by atoms with van der Waals surface area (Å²) in [7, 11) is 1.69. The van der Waals surface area contributed by atoms with Gasteiger partial charge in [-0.05, 0) is 63.1 Å². The van der Waals surface area contributed by atoms with Crippen molar-refractivity contribution in [1.29, 1.82) is 0 Å². The molecule has 5 rings (SSSR count). The highest BCUT2D eigenvalue weighted by Gasteiger charge is 2.32. The molecule has 0 unspecified atom stereocenters. The lowest BCUT2D eigenvalue weighted by atomic mass is 9.96. The predicted octanol–water partition coefficient (Wildman–Crippen LogP) is 3.86. The Morgan fingerprint density at radius 3 is 2.47 bits per heavy atom. The number of likely N-dealkylation sites (tertiary alicyclic amines) is 1. The van der Waals surface area contributed by atoms with Crippen molar-refractivity contribution in [2.24, 2.45) is 5.92 Å². The largest absolute Gasteiger partial charge is 0.497 e. The third-order valence-corrected chi connectivity index (χ3v) is 7.81. The molecule has 7 nitrogen and oxygen atoms in total. The Bertz CT molecular complexity index is 1160. The number of benzene rings is 2. The number of para-hydroxylation sites is 2. The molecule has 7 heteroatoms. The SMILES string of the molecule is COc1ccc(Cn2c(CN3CCC[C@@H](C(=O)N4CCN(C(C)C)CC4)C3)nc3ccccc32)cc1. The molecular weight excluding hydrogens is 450 g/mol. The minimum absolute atomic E-state index is 0.0868. The second-order valence-electron chi connectivity index (χ2n) is 10.5. The van der Waals surface area contributed by atoms with Crippen LogP contribution in [0.4, 0.5) is 0 Å². The van der Waals surface area contributed by atoms with Gasteiger partial charge in [-0.15, -0.1) is 0 Å². The van der Waals surface area contributed by atoms with Gasteiger partial charge in [0.2, 0.25) is 5.91 Å². The maximum Gasteiger partial charge on any atom is 0.227 e. The molecule has 2 aliphatic heterocycles. The lowest BCUT2D eigenvalue weighted by Crippen LogP contribution is -2.53. The van der Waals surface area contributed by atoms with Crippen LogP contribution in [0.5, 0.6) is 5.75 Å². The molecular formula is C29H39N5O2. The van der Waals surface area contributed by atoms with Gasteiger partial charge in [0.25, 0.3) is 0 Å². The lowest BCUT2D eigenvalue weighted by Gasteiger charge is -2.40. The Morgan fingerprint density at radius 1 is 1.00 bits per heavy atom. The molecule has 2 aromatic carbocycles. The Hall–Kier alpha value is -2.90. The monoisotopic (exact) mass is 489 g/mol. The first-order valence-corrected chi connectivity index (χ1v) is 13.3. The van der Waals surface area contributed by atoms with Crippen molar-refractivity contribution in [3.8, 4) is 5.75 Å². The number of fused-ring (bicyclic) bond motifs is 1. The van der Waals surface area contributed by atoms with Crippen LogP contribution in [-0.2, 0) is 17.9 Å². The van der Waals surface area contributed by atoms with Crippen LogP contribution in [0.15, 0.2) is 48.5 Å². The molecule has 1 amide bonds. The fraction of sp³-hybridized carbons (Fsp3) is 0.517. The number of piperidine rings is 1. The average molecular weight is 490 g/mol. The number of hydrogen-bond acceptors (Lipinski definition) is 5. The summed E-state index contributed by atoms with van der Waals surface area (Å²) in [6, 6.07) is 17.2. The number of methoxy groups -OCH3 is 1. The van der Waals surface area contributed by atoms with Crippen LogP contribution in [-0.4, -0.2) is 82.6 Å². The lowest BCUT2D eigenvalue weighted by molar-refractivity contribution is -0.139. The summed E-state index contributed by atoms with van der Waals surface area (Å²) >= 11 is 0. The maximum atomic E-state index is 13.4. The minimum Gasteiger partial charge on any atom is -0.497 e. The van der Waals surface area contributed by atoms with E-state index in [-0.39, 0.29) is 5.92 Å². The standard InChI is InChI=1S/C29H39N5O2/c1-22(2)32-15-17-33(18-16-32)29(35)24-7-6-14-31(20-24)21-28-30-26-8-4-5-9-27(26)34(28)19-23-10-12-25(36-3)13-11-23/h4-5,8-13,22,24H,6-7,14-21H2,1-3H3/t24-/m1/s1. The van der Waals surface area contributed by atoms with Gasteiger partial charge in [-0.25, -0.2) is 4.98 Å². The zero-order valence-electron chi connectivity index (χ0n) is 21.9. The Morgan fingerprint density at radius 2 is 1.75 bits per heavy atom. The van der Waals surface area contributed by atoms with Gasteiger partial charge in [0.15, 0.2) is 0 Å². The number of imidazole rings is 1. The van der Waals surface area contributed by atoms with E-state index >= 15 is 0 Å². The highest BCUT2D eigenvalue weighted by Crippen LogP contribution is 2.24. The second kappa shape index (κ2) is 11.0. The minimum atomic E-state index is 0.0868. The molecule has 2 fully saturated rings. The summed E-state index contributed by atoms with van der Waals surface area (Å²) in [5, 5.41) is 0. The molecule has 0 radical (unpaired) electrons. The number of carbonyl (C=O) groups excluding carboxylic acids is 1. The summed E-state index contributed by atoms with van der Waals surface area (Å²) in [5.74, 6) is 2.35. The van der Waals surface area contributed by atoms with Crippen molar-refractivity contribution in [3.05, 3.63) is 59.9 Å². The molecule has 2 aliphatic rings. The van der Waals surface area contributed by atoms with Crippen molar-refractivity contribution in [1.82, 2.24) is 24.3 Å². The van der Waals surface area contributed by atoms with Gasteiger partial charge in [0.05, 0.1) is 30.6 Å². The van der Waals surface area contributed by atoms with Crippen molar-refractivity contribution in [3.63, 3.8) is 0 Å². The summed E-state index contributed by atoms with van der Waals surface area (Å²) in [6.07, 6.45) is 2.04. The first-order valence-electron chi connectivity index (χ1n) is 13.3. The Balaban J connectivity index is 1.29. The molecule has 3 aromatic rings. The number of aromatic nitrogens is 2. The molecule has 192 valence electrons. The molecule has 3 heterocycles. The topological polar surface area (TPSA) is 53.8 Å². The van der Waals surface area contributed by atoms with E-state index in [1.807, 2.05) is 18.2 Å². The molecule has 36 heavy (non-hydrogen) atoms. The molecule has 0 bridgehead atoms. The highest BCUT2D eigenvalue weighted by atomic mass is 16.5. The van der Waals surface area contributed by atoms with Crippen LogP contribution >= 0.6 is 0 Å². The van der Waals surface area contributed by atoms with Crippen molar-refractivity contribution < 1.29 is 9.53 Å². The second-order valence-corrected chi connectivity index (χ2v) is 10.5. The van der Waals surface area contributed by atoms with Crippen LogP contribution in [0.1, 0.15) is 38.1 Å². The Kier molecular flexibility index (Phi) is 7.58. The number of nitrogens with zero attached hydrogens (tertiary/aromatic N) is 5. The zero-order chi connectivity index (χ0) is 25.1. The molecule has 1 atom stereocenters. The van der Waals surface area contributed by atoms with E-state index in [0.717, 1.165) is 87.8 Å². The van der Waals surface area contributed by atoms with Crippen molar-refractivity contribution in [2.75, 3.05) is 46.4 Å². The average Bonchev–Trinajstić information content (AvgIpc) is 3.25. The number of carbonyl (C=O) groups is 1. The van der Waals surface area contributed by atoms with E-state index in [9.17, 15) is 4.79 Å². The van der Waals surface area contributed by atoms with E-state index in [1.165, 1.54) is 5.56 Å². The van der Waals surface area contributed by atoms with Gasteiger partial charge in [-0.3, -0.25) is 14.6 Å². The van der Waals surface area contributed by atoms with Gasteiger partial charge in [0.1, 0.15) is 11.6 Å². The molecule has 1 aromatic heterocycles. The van der Waals surface area contributed by atoms with E-state index in [0.29, 0.717) is 11.9 Å². The maximum absolute atomic E-state index is 13.4. The quantitative estimate of drug-likeness (QED) is 0.505. The number of piperazine rings is 1. The van der Waals surface area contributed by atoms with Crippen LogP contribution < -0.4 is 4.74 Å². The molecule has 0 N–H and O–H groups in total. The number of rotatable bonds is 7. The van der Waals surface area contributed by atoms with E-state index < -0.39 is 0 Å². The summed E-state index contributed by atoms with van der Waals surface area (Å²) in [6.45, 7) is 11.5. The van der Waals surface area contributed by atoms with Gasteiger partial charge in [0, 0.05) is 45.3 Å². The van der Waals surface area contributed by atoms with Crippen molar-refractivity contribution in [2.45, 2.75) is 45.8 Å². The first kappa shape index (κ1) is 24.8. The fourth-order valence-corrected chi connectivity index (χ4v) is 5.65. The van der Waals surface area contributed by atoms with Crippen LogP contribution in [0.2, 0.25) is 0 Å². The first-order chi connectivity index (χ1) is 17.5.